The zero-order chi connectivity index (χ0) is 7.40. The van der Waals surface area contributed by atoms with E-state index in [1.165, 1.54) is 25.9 Å². The van der Waals surface area contributed by atoms with Crippen LogP contribution in [0.5, 0.6) is 0 Å². The van der Waals surface area contributed by atoms with E-state index in [2.05, 4.69) is 30.8 Å². The third kappa shape index (κ3) is 2.56. The van der Waals surface area contributed by atoms with Gasteiger partial charge in [-0.3, -0.25) is 0 Å². The molecule has 1 rings (SSSR count). The molecule has 2 nitrogen and oxygen atoms in total. The van der Waals surface area contributed by atoms with E-state index >= 15 is 0 Å². The molecule has 0 saturated carbocycles. The highest BCUT2D eigenvalue weighted by molar-refractivity contribution is 14.2. The Kier molecular flexibility index (Phi) is 4.36. The lowest BCUT2D eigenvalue weighted by Gasteiger charge is -2.29. The van der Waals surface area contributed by atoms with Crippen molar-refractivity contribution in [2.24, 2.45) is 0 Å². The summed E-state index contributed by atoms with van der Waals surface area (Å²) in [6, 6.07) is 0.719. The minimum Gasteiger partial charge on any atom is -0.316 e. The number of likely N-dealkylation sites (N-methyl/N-ethyl adjacent to an activating group) is 1. The van der Waals surface area contributed by atoms with Gasteiger partial charge in [-0.15, -0.1) is 0 Å². The van der Waals surface area contributed by atoms with Gasteiger partial charge >= 0.3 is 0 Å². The molecule has 1 atom stereocenters. The molecule has 0 radical (unpaired) electrons. The minimum absolute atomic E-state index is 0.719. The normalized spacial score (nSPS) is 28.8. The molecule has 0 spiro atoms. The zero-order valence-corrected chi connectivity index (χ0v) is 9.11. The van der Waals surface area contributed by atoms with Gasteiger partial charge in [0.25, 0.3) is 0 Å². The zero-order valence-electron chi connectivity index (χ0n) is 6.14. The maximum absolute atomic E-state index is 3.31. The van der Waals surface area contributed by atoms with Crippen LogP contribution < -0.4 is 5.32 Å². The van der Waals surface area contributed by atoms with Crippen molar-refractivity contribution in [3.8, 4) is 0 Å². The number of hydrogen-bond donors (Lipinski definition) is 1. The second kappa shape index (κ2) is 4.79. The molecule has 0 aromatic rings. The van der Waals surface area contributed by atoms with Crippen LogP contribution in [-0.4, -0.2) is 30.5 Å². The van der Waals surface area contributed by atoms with E-state index in [0.717, 1.165) is 6.04 Å². The van der Waals surface area contributed by atoms with Crippen LogP contribution in [0.4, 0.5) is 0 Å². The van der Waals surface area contributed by atoms with Gasteiger partial charge in [-0.1, -0.05) is 0 Å². The van der Waals surface area contributed by atoms with Crippen LogP contribution in [0.15, 0.2) is 0 Å². The summed E-state index contributed by atoms with van der Waals surface area (Å²) in [5.41, 5.74) is 0. The van der Waals surface area contributed by atoms with Crippen molar-refractivity contribution in [2.75, 3.05) is 20.1 Å². The first-order chi connectivity index (χ1) is 4.86. The van der Waals surface area contributed by atoms with Crippen LogP contribution in [-0.2, 0) is 0 Å². The van der Waals surface area contributed by atoms with Crippen molar-refractivity contribution in [3.05, 3.63) is 0 Å². The maximum Gasteiger partial charge on any atom is 0.0251 e. The van der Waals surface area contributed by atoms with E-state index in [9.17, 15) is 0 Å². The summed E-state index contributed by atoms with van der Waals surface area (Å²) in [5, 5.41) is 3.31. The van der Waals surface area contributed by atoms with Gasteiger partial charge in [-0.05, 0) is 29.0 Å². The Morgan fingerprint density at radius 3 is 3.10 bits per heavy atom. The molecule has 4 heteroatoms. The van der Waals surface area contributed by atoms with Crippen molar-refractivity contribution in [3.63, 3.8) is 0 Å². The number of nitrogens with one attached hydrogen (secondary N) is 1. The molecule has 1 aliphatic heterocycles. The summed E-state index contributed by atoms with van der Waals surface area (Å²) in [6.45, 7) is 2.45. The lowest BCUT2D eigenvalue weighted by molar-refractivity contribution is 0.317. The fourth-order valence-electron chi connectivity index (χ4n) is 1.24. The first-order valence-corrected chi connectivity index (χ1v) is 6.89. The summed E-state index contributed by atoms with van der Waals surface area (Å²) < 4.78 is 2.41. The Balaban J connectivity index is 2.25. The lowest BCUT2D eigenvalue weighted by atomic mass is 10.1. The van der Waals surface area contributed by atoms with Crippen LogP contribution in [0.3, 0.4) is 0 Å². The molecule has 1 heterocycles. The second-order valence-corrected chi connectivity index (χ2v) is 4.42. The summed E-state index contributed by atoms with van der Waals surface area (Å²) >= 11 is 2.35. The van der Waals surface area contributed by atoms with Crippen molar-refractivity contribution >= 4 is 30.3 Å². The van der Waals surface area contributed by atoms with Crippen LogP contribution in [0.1, 0.15) is 12.8 Å². The van der Waals surface area contributed by atoms with Gasteiger partial charge in [0.05, 0.1) is 0 Å². The Labute approximate surface area is 78.8 Å². The summed E-state index contributed by atoms with van der Waals surface area (Å²) in [7, 11) is 3.88. The van der Waals surface area contributed by atoms with Crippen molar-refractivity contribution < 1.29 is 0 Å². The Morgan fingerprint density at radius 1 is 1.70 bits per heavy atom. The van der Waals surface area contributed by atoms with E-state index in [0.29, 0.717) is 0 Å². The SMILES string of the molecule is CNC1CCCN(SI)C1. The number of hydrogen-bond acceptors (Lipinski definition) is 3. The van der Waals surface area contributed by atoms with E-state index in [4.69, 9.17) is 0 Å². The third-order valence-electron chi connectivity index (χ3n) is 1.89. The quantitative estimate of drug-likeness (QED) is 0.608. The van der Waals surface area contributed by atoms with E-state index < -0.39 is 0 Å². The fourth-order valence-corrected chi connectivity index (χ4v) is 2.75. The van der Waals surface area contributed by atoms with E-state index in [1.54, 1.807) is 0 Å². The summed E-state index contributed by atoms with van der Waals surface area (Å²) in [5.74, 6) is 0. The molecule has 0 amide bonds. The Hall–Kier alpha value is 1.00. The molecule has 1 fully saturated rings. The van der Waals surface area contributed by atoms with Crippen molar-refractivity contribution in [2.45, 2.75) is 18.9 Å². The molecule has 60 valence electrons. The lowest BCUT2D eigenvalue weighted by Crippen LogP contribution is -2.40. The predicted molar refractivity (Wildman–Crippen MR) is 55.3 cm³/mol. The maximum atomic E-state index is 3.31. The topological polar surface area (TPSA) is 15.3 Å². The summed E-state index contributed by atoms with van der Waals surface area (Å²) in [6.07, 6.45) is 2.67. The van der Waals surface area contributed by atoms with Gasteiger partial charge < -0.3 is 5.32 Å². The van der Waals surface area contributed by atoms with Crippen LogP contribution >= 0.6 is 30.3 Å². The predicted octanol–water partition coefficient (Wildman–Crippen LogP) is 1.67. The molecular weight excluding hydrogens is 259 g/mol. The van der Waals surface area contributed by atoms with Gasteiger partial charge in [0.1, 0.15) is 0 Å². The first-order valence-electron chi connectivity index (χ1n) is 3.57. The third-order valence-corrected chi connectivity index (χ3v) is 4.09. The van der Waals surface area contributed by atoms with Crippen LogP contribution in [0, 0.1) is 0 Å². The van der Waals surface area contributed by atoms with Crippen molar-refractivity contribution in [1.82, 2.24) is 9.62 Å². The molecule has 1 N–H and O–H groups in total. The molecule has 1 aliphatic rings. The first kappa shape index (κ1) is 9.09. The molecule has 0 aromatic carbocycles. The molecule has 1 unspecified atom stereocenters. The van der Waals surface area contributed by atoms with Crippen LogP contribution in [0.2, 0.25) is 0 Å². The van der Waals surface area contributed by atoms with Gasteiger partial charge in [0.15, 0.2) is 0 Å². The Morgan fingerprint density at radius 2 is 2.50 bits per heavy atom. The number of nitrogens with zero attached hydrogens (tertiary/aromatic N) is 1. The number of piperidine rings is 1. The molecule has 1 saturated heterocycles. The van der Waals surface area contributed by atoms with Gasteiger partial charge in [-0.25, -0.2) is 4.31 Å². The monoisotopic (exact) mass is 272 g/mol. The largest absolute Gasteiger partial charge is 0.316 e. The van der Waals surface area contributed by atoms with Gasteiger partial charge in [-0.2, -0.15) is 0 Å². The van der Waals surface area contributed by atoms with Crippen LogP contribution in [0.25, 0.3) is 0 Å². The van der Waals surface area contributed by atoms with E-state index in [-0.39, 0.29) is 0 Å². The highest BCUT2D eigenvalue weighted by Gasteiger charge is 2.17. The van der Waals surface area contributed by atoms with E-state index in [1.807, 2.05) is 16.2 Å². The number of rotatable bonds is 2. The average molecular weight is 272 g/mol. The molecule has 0 aliphatic carbocycles. The molecular formula is C6H13IN2S. The minimum atomic E-state index is 0.719. The van der Waals surface area contributed by atoms with Crippen molar-refractivity contribution in [1.29, 1.82) is 0 Å². The average Bonchev–Trinajstić information content (AvgIpc) is 2.05. The number of halogens is 1. The highest BCUT2D eigenvalue weighted by atomic mass is 127. The fraction of sp³-hybridized carbons (Fsp3) is 1.00. The molecule has 0 bridgehead atoms. The standard InChI is InChI=1S/C6H13IN2S/c1-8-6-3-2-4-9(5-6)10-7/h6,8H,2-5H2,1H3. The van der Waals surface area contributed by atoms with Gasteiger partial charge in [0.2, 0.25) is 0 Å². The molecule has 10 heavy (non-hydrogen) atoms. The Bertz CT molecular complexity index is 91.7. The second-order valence-electron chi connectivity index (χ2n) is 2.58. The highest BCUT2D eigenvalue weighted by Crippen LogP contribution is 2.23. The summed E-state index contributed by atoms with van der Waals surface area (Å²) in [4.78, 5) is 0. The van der Waals surface area contributed by atoms with Gasteiger partial charge in [0, 0.05) is 40.3 Å². The molecule has 0 aromatic heterocycles. The smallest absolute Gasteiger partial charge is 0.0251 e.